The van der Waals surface area contributed by atoms with Crippen molar-refractivity contribution in [2.45, 2.75) is 54.0 Å². The van der Waals surface area contributed by atoms with Crippen molar-refractivity contribution in [3.05, 3.63) is 11.6 Å². The molecule has 0 amide bonds. The Kier molecular flexibility index (Phi) is 11.6. The van der Waals surface area contributed by atoms with Crippen LogP contribution in [-0.2, 0) is 6.54 Å². The molecule has 0 aromatic carbocycles. The van der Waals surface area contributed by atoms with Gasteiger partial charge in [-0.05, 0) is 14.1 Å². The highest BCUT2D eigenvalue weighted by molar-refractivity contribution is 4.94. The summed E-state index contributed by atoms with van der Waals surface area (Å²) in [5.41, 5.74) is 0. The maximum Gasteiger partial charge on any atom is 0.153 e. The second kappa shape index (κ2) is 10.6. The molecule has 16 heavy (non-hydrogen) atoms. The Morgan fingerprint density at radius 2 is 1.62 bits per heavy atom. The van der Waals surface area contributed by atoms with Gasteiger partial charge in [-0.2, -0.15) is 5.10 Å². The third-order valence-electron chi connectivity index (χ3n) is 1.53. The van der Waals surface area contributed by atoms with E-state index >= 15 is 0 Å². The highest BCUT2D eigenvalue weighted by Crippen LogP contribution is 2.07. The standard InChI is InChI=1S/C8H16N4.2C2H6/c1-6(2)8-9-7(10-11-8)5-12(3)4;2*1-2/h6H,5H2,1-4H3,(H,9,10,11);2*1-2H3. The van der Waals surface area contributed by atoms with Crippen LogP contribution in [0.2, 0.25) is 0 Å². The summed E-state index contributed by atoms with van der Waals surface area (Å²) in [6.07, 6.45) is 0. The highest BCUT2D eigenvalue weighted by atomic mass is 15.2. The van der Waals surface area contributed by atoms with Crippen molar-refractivity contribution in [3.63, 3.8) is 0 Å². The van der Waals surface area contributed by atoms with Gasteiger partial charge in [-0.15, -0.1) is 0 Å². The quantitative estimate of drug-likeness (QED) is 0.865. The van der Waals surface area contributed by atoms with Gasteiger partial charge >= 0.3 is 0 Å². The molecular formula is C12H28N4. The van der Waals surface area contributed by atoms with Crippen LogP contribution in [-0.4, -0.2) is 34.2 Å². The van der Waals surface area contributed by atoms with Gasteiger partial charge in [-0.3, -0.25) is 5.10 Å². The third-order valence-corrected chi connectivity index (χ3v) is 1.53. The molecule has 0 aliphatic carbocycles. The van der Waals surface area contributed by atoms with Gasteiger partial charge in [0.15, 0.2) is 5.82 Å². The molecule has 0 fully saturated rings. The van der Waals surface area contributed by atoms with Gasteiger partial charge < -0.3 is 4.90 Å². The van der Waals surface area contributed by atoms with Crippen molar-refractivity contribution in [1.29, 1.82) is 0 Å². The first-order valence-corrected chi connectivity index (χ1v) is 6.15. The zero-order valence-electron chi connectivity index (χ0n) is 12.1. The lowest BCUT2D eigenvalue weighted by atomic mass is 10.2. The van der Waals surface area contributed by atoms with E-state index in [9.17, 15) is 0 Å². The summed E-state index contributed by atoms with van der Waals surface area (Å²) < 4.78 is 0. The van der Waals surface area contributed by atoms with E-state index in [2.05, 4.69) is 33.9 Å². The first-order valence-electron chi connectivity index (χ1n) is 6.15. The largest absolute Gasteiger partial charge is 0.302 e. The van der Waals surface area contributed by atoms with Crippen molar-refractivity contribution >= 4 is 0 Å². The van der Waals surface area contributed by atoms with Crippen LogP contribution >= 0.6 is 0 Å². The molecule has 96 valence electrons. The molecule has 0 spiro atoms. The summed E-state index contributed by atoms with van der Waals surface area (Å²) >= 11 is 0. The van der Waals surface area contributed by atoms with E-state index in [1.807, 2.05) is 41.8 Å². The Morgan fingerprint density at radius 3 is 1.94 bits per heavy atom. The molecule has 0 saturated heterocycles. The molecule has 1 heterocycles. The molecular weight excluding hydrogens is 200 g/mol. The van der Waals surface area contributed by atoms with Gasteiger partial charge in [0.25, 0.3) is 0 Å². The van der Waals surface area contributed by atoms with Gasteiger partial charge in [0.05, 0.1) is 6.54 Å². The summed E-state index contributed by atoms with van der Waals surface area (Å²) in [5, 5.41) is 7.02. The maximum absolute atomic E-state index is 4.34. The molecule has 0 atom stereocenters. The SMILES string of the molecule is CC.CC.CC(C)c1n[nH]c(CN(C)C)n1. The predicted octanol–water partition coefficient (Wildman–Crippen LogP) is 3.04. The van der Waals surface area contributed by atoms with E-state index in [1.54, 1.807) is 0 Å². The summed E-state index contributed by atoms with van der Waals surface area (Å²) in [7, 11) is 4.02. The minimum absolute atomic E-state index is 0.400. The monoisotopic (exact) mass is 228 g/mol. The van der Waals surface area contributed by atoms with Crippen LogP contribution in [0.1, 0.15) is 59.1 Å². The summed E-state index contributed by atoms with van der Waals surface area (Å²) in [5.74, 6) is 2.23. The number of H-pyrrole nitrogens is 1. The number of hydrogen-bond donors (Lipinski definition) is 1. The summed E-state index contributed by atoms with van der Waals surface area (Å²) in [4.78, 5) is 6.40. The number of nitrogens with zero attached hydrogens (tertiary/aromatic N) is 3. The minimum atomic E-state index is 0.400. The second-order valence-corrected chi connectivity index (χ2v) is 3.53. The predicted molar refractivity (Wildman–Crippen MR) is 70.6 cm³/mol. The molecule has 0 saturated carbocycles. The van der Waals surface area contributed by atoms with Crippen LogP contribution in [0.25, 0.3) is 0 Å². The van der Waals surface area contributed by atoms with Crippen molar-refractivity contribution in [2.75, 3.05) is 14.1 Å². The van der Waals surface area contributed by atoms with Crippen LogP contribution in [0.5, 0.6) is 0 Å². The Hall–Kier alpha value is -0.900. The molecule has 1 rings (SSSR count). The average molecular weight is 228 g/mol. The minimum Gasteiger partial charge on any atom is -0.302 e. The fraction of sp³-hybridized carbons (Fsp3) is 0.833. The average Bonchev–Trinajstić information content (AvgIpc) is 2.71. The van der Waals surface area contributed by atoms with Gasteiger partial charge in [0, 0.05) is 5.92 Å². The number of nitrogens with one attached hydrogen (secondary N) is 1. The zero-order valence-corrected chi connectivity index (χ0v) is 12.1. The Morgan fingerprint density at radius 1 is 1.12 bits per heavy atom. The molecule has 4 nitrogen and oxygen atoms in total. The van der Waals surface area contributed by atoms with Crippen LogP contribution in [0.3, 0.4) is 0 Å². The summed E-state index contributed by atoms with van der Waals surface area (Å²) in [6.45, 7) is 13.0. The van der Waals surface area contributed by atoms with E-state index in [-0.39, 0.29) is 0 Å². The van der Waals surface area contributed by atoms with Gasteiger partial charge in [0.2, 0.25) is 0 Å². The van der Waals surface area contributed by atoms with Crippen LogP contribution < -0.4 is 0 Å². The molecule has 4 heteroatoms. The second-order valence-electron chi connectivity index (χ2n) is 3.53. The molecule has 0 bridgehead atoms. The fourth-order valence-corrected chi connectivity index (χ4v) is 0.939. The van der Waals surface area contributed by atoms with Crippen LogP contribution in [0.4, 0.5) is 0 Å². The van der Waals surface area contributed by atoms with Crippen LogP contribution in [0.15, 0.2) is 0 Å². The zero-order chi connectivity index (χ0) is 13.1. The Bertz CT molecular complexity index is 241. The summed E-state index contributed by atoms with van der Waals surface area (Å²) in [6, 6.07) is 0. The smallest absolute Gasteiger partial charge is 0.153 e. The number of aromatic nitrogens is 3. The van der Waals surface area contributed by atoms with Crippen molar-refractivity contribution in [1.82, 2.24) is 20.1 Å². The first kappa shape index (κ1) is 17.5. The molecule has 1 aromatic rings. The molecule has 1 aromatic heterocycles. The van der Waals surface area contributed by atoms with Gasteiger partial charge in [0.1, 0.15) is 5.82 Å². The Labute approximate surface area is 100 Å². The molecule has 0 aliphatic heterocycles. The number of hydrogen-bond acceptors (Lipinski definition) is 3. The molecule has 1 N–H and O–H groups in total. The van der Waals surface area contributed by atoms with Gasteiger partial charge in [-0.25, -0.2) is 4.98 Å². The lowest BCUT2D eigenvalue weighted by Crippen LogP contribution is -2.11. The normalized spacial score (nSPS) is 9.38. The molecule has 0 unspecified atom stereocenters. The van der Waals surface area contributed by atoms with Crippen molar-refractivity contribution < 1.29 is 0 Å². The first-order chi connectivity index (χ1) is 7.59. The van der Waals surface area contributed by atoms with Crippen molar-refractivity contribution in [2.24, 2.45) is 0 Å². The maximum atomic E-state index is 4.34. The van der Waals surface area contributed by atoms with E-state index < -0.39 is 0 Å². The van der Waals surface area contributed by atoms with E-state index in [0.717, 1.165) is 18.2 Å². The highest BCUT2D eigenvalue weighted by Gasteiger charge is 2.06. The van der Waals surface area contributed by atoms with Crippen LogP contribution in [0, 0.1) is 0 Å². The third kappa shape index (κ3) is 7.40. The van der Waals surface area contributed by atoms with E-state index in [1.165, 1.54) is 0 Å². The Balaban J connectivity index is 0. The fourth-order valence-electron chi connectivity index (χ4n) is 0.939. The topological polar surface area (TPSA) is 44.8 Å². The van der Waals surface area contributed by atoms with Gasteiger partial charge in [-0.1, -0.05) is 41.5 Å². The van der Waals surface area contributed by atoms with E-state index in [4.69, 9.17) is 0 Å². The lowest BCUT2D eigenvalue weighted by Gasteiger charge is -2.04. The number of rotatable bonds is 3. The number of aromatic amines is 1. The van der Waals surface area contributed by atoms with Crippen molar-refractivity contribution in [3.8, 4) is 0 Å². The molecule has 0 aliphatic rings. The lowest BCUT2D eigenvalue weighted by molar-refractivity contribution is 0.391. The van der Waals surface area contributed by atoms with E-state index in [0.29, 0.717) is 5.92 Å². The molecule has 0 radical (unpaired) electrons.